The average Bonchev–Trinajstić information content (AvgIpc) is 2.38. The number of nitrogens with zero attached hydrogens (tertiary/aromatic N) is 3. The Morgan fingerprint density at radius 2 is 1.94 bits per heavy atom. The van der Waals surface area contributed by atoms with Gasteiger partial charge in [-0.1, -0.05) is 11.6 Å². The minimum Gasteiger partial charge on any atom is -0.329 e. The van der Waals surface area contributed by atoms with E-state index in [1.165, 1.54) is 18.5 Å². The van der Waals surface area contributed by atoms with Crippen molar-refractivity contribution in [3.05, 3.63) is 47.1 Å². The molecule has 0 atom stereocenters. The summed E-state index contributed by atoms with van der Waals surface area (Å²) in [6.45, 7) is 0. The monoisotopic (exact) mass is 265 g/mol. The van der Waals surface area contributed by atoms with E-state index in [2.05, 4.69) is 9.97 Å². The lowest BCUT2D eigenvalue weighted by Gasteiger charge is -2.19. The van der Waals surface area contributed by atoms with Crippen LogP contribution in [0.5, 0.6) is 0 Å². The van der Waals surface area contributed by atoms with Crippen molar-refractivity contribution in [2.75, 3.05) is 11.9 Å². The van der Waals surface area contributed by atoms with E-state index in [9.17, 15) is 9.18 Å². The summed E-state index contributed by atoms with van der Waals surface area (Å²) in [5.41, 5.74) is 0.889. The van der Waals surface area contributed by atoms with E-state index in [4.69, 9.17) is 11.6 Å². The first-order chi connectivity index (χ1) is 8.63. The minimum atomic E-state index is -0.330. The molecule has 4 nitrogen and oxygen atoms in total. The molecule has 1 aromatic heterocycles. The maximum absolute atomic E-state index is 12.8. The van der Waals surface area contributed by atoms with E-state index in [1.54, 1.807) is 24.1 Å². The van der Waals surface area contributed by atoms with Crippen LogP contribution in [0.15, 0.2) is 30.6 Å². The molecule has 6 heteroatoms. The first-order valence-corrected chi connectivity index (χ1v) is 5.46. The highest BCUT2D eigenvalue weighted by atomic mass is 35.5. The van der Waals surface area contributed by atoms with Crippen LogP contribution in [0.1, 0.15) is 10.4 Å². The number of hydrogen-bond donors (Lipinski definition) is 0. The second kappa shape index (κ2) is 5.10. The second-order valence-electron chi connectivity index (χ2n) is 3.56. The number of hydrogen-bond acceptors (Lipinski definition) is 4. The molecule has 0 bridgehead atoms. The molecule has 0 aliphatic heterocycles. The van der Waals surface area contributed by atoms with E-state index in [0.717, 1.165) is 0 Å². The zero-order chi connectivity index (χ0) is 13.1. The van der Waals surface area contributed by atoms with Crippen molar-refractivity contribution in [2.24, 2.45) is 0 Å². The molecular weight excluding hydrogens is 257 g/mol. The molecule has 0 aliphatic rings. The van der Waals surface area contributed by atoms with Crippen LogP contribution in [0.4, 0.5) is 15.9 Å². The van der Waals surface area contributed by atoms with Crippen LogP contribution >= 0.6 is 11.6 Å². The van der Waals surface area contributed by atoms with Gasteiger partial charge in [0.25, 0.3) is 0 Å². The van der Waals surface area contributed by atoms with E-state index < -0.39 is 0 Å². The molecule has 1 aromatic carbocycles. The molecule has 18 heavy (non-hydrogen) atoms. The lowest BCUT2D eigenvalue weighted by molar-refractivity contribution is 0.112. The Kier molecular flexibility index (Phi) is 3.53. The Morgan fingerprint density at radius 3 is 2.56 bits per heavy atom. The highest BCUT2D eigenvalue weighted by Gasteiger charge is 2.14. The van der Waals surface area contributed by atoms with Crippen molar-refractivity contribution >= 4 is 29.4 Å². The Bertz CT molecular complexity index is 574. The summed E-state index contributed by atoms with van der Waals surface area (Å²) >= 11 is 5.82. The van der Waals surface area contributed by atoms with Crippen molar-refractivity contribution in [1.82, 2.24) is 9.97 Å². The first kappa shape index (κ1) is 12.4. The molecule has 0 fully saturated rings. The highest BCUT2D eigenvalue weighted by Crippen LogP contribution is 2.26. The Labute approximate surface area is 108 Å². The molecule has 1 heterocycles. The standard InChI is InChI=1S/C12H9ClFN3O/c1-17(9-4-2-8(14)3-5-9)12-10(6-18)11(13)15-7-16-12/h2-7H,1H3. The van der Waals surface area contributed by atoms with E-state index in [-0.39, 0.29) is 16.5 Å². The number of aldehydes is 1. The number of carbonyl (C=O) groups excluding carboxylic acids is 1. The van der Waals surface area contributed by atoms with Gasteiger partial charge in [0.05, 0.1) is 5.56 Å². The van der Waals surface area contributed by atoms with Gasteiger partial charge in [-0.2, -0.15) is 0 Å². The largest absolute Gasteiger partial charge is 0.329 e. The van der Waals surface area contributed by atoms with Gasteiger partial charge >= 0.3 is 0 Å². The van der Waals surface area contributed by atoms with Crippen LogP contribution in [0, 0.1) is 5.82 Å². The second-order valence-corrected chi connectivity index (χ2v) is 3.91. The highest BCUT2D eigenvalue weighted by molar-refractivity contribution is 6.32. The third kappa shape index (κ3) is 2.31. The summed E-state index contributed by atoms with van der Waals surface area (Å²) < 4.78 is 12.8. The van der Waals surface area contributed by atoms with Crippen molar-refractivity contribution < 1.29 is 9.18 Å². The number of anilines is 2. The summed E-state index contributed by atoms with van der Waals surface area (Å²) in [6.07, 6.45) is 1.86. The lowest BCUT2D eigenvalue weighted by atomic mass is 10.2. The van der Waals surface area contributed by atoms with Crippen LogP contribution < -0.4 is 4.90 Å². The summed E-state index contributed by atoms with van der Waals surface area (Å²) in [5.74, 6) is 0.0417. The van der Waals surface area contributed by atoms with Crippen molar-refractivity contribution in [3.8, 4) is 0 Å². The van der Waals surface area contributed by atoms with Gasteiger partial charge in [0.1, 0.15) is 23.1 Å². The number of benzene rings is 1. The predicted molar refractivity (Wildman–Crippen MR) is 66.9 cm³/mol. The number of carbonyl (C=O) groups is 1. The lowest BCUT2D eigenvalue weighted by Crippen LogP contribution is -2.14. The van der Waals surface area contributed by atoms with Crippen LogP contribution in [0.2, 0.25) is 5.15 Å². The van der Waals surface area contributed by atoms with Gasteiger partial charge in [-0.15, -0.1) is 0 Å². The number of aromatic nitrogens is 2. The molecule has 2 rings (SSSR count). The number of rotatable bonds is 3. The van der Waals surface area contributed by atoms with E-state index in [0.29, 0.717) is 17.8 Å². The SMILES string of the molecule is CN(c1ccc(F)cc1)c1ncnc(Cl)c1C=O. The van der Waals surface area contributed by atoms with Crippen molar-refractivity contribution in [1.29, 1.82) is 0 Å². The number of halogens is 2. The molecule has 0 radical (unpaired) electrons. The van der Waals surface area contributed by atoms with E-state index in [1.807, 2.05) is 0 Å². The smallest absolute Gasteiger partial charge is 0.156 e. The Hall–Kier alpha value is -2.01. The van der Waals surface area contributed by atoms with Gasteiger partial charge in [-0.25, -0.2) is 14.4 Å². The quantitative estimate of drug-likeness (QED) is 0.632. The fourth-order valence-electron chi connectivity index (χ4n) is 1.52. The molecular formula is C12H9ClFN3O. The summed E-state index contributed by atoms with van der Waals surface area (Å²) in [5, 5.41) is 0.0870. The third-order valence-corrected chi connectivity index (χ3v) is 2.76. The first-order valence-electron chi connectivity index (χ1n) is 5.08. The molecule has 0 aliphatic carbocycles. The maximum atomic E-state index is 12.8. The third-order valence-electron chi connectivity index (χ3n) is 2.46. The molecule has 0 N–H and O–H groups in total. The van der Waals surface area contributed by atoms with E-state index >= 15 is 0 Å². The van der Waals surface area contributed by atoms with Crippen molar-refractivity contribution in [2.45, 2.75) is 0 Å². The van der Waals surface area contributed by atoms with Gasteiger partial charge in [-0.3, -0.25) is 4.79 Å². The zero-order valence-electron chi connectivity index (χ0n) is 9.47. The maximum Gasteiger partial charge on any atom is 0.156 e. The minimum absolute atomic E-state index is 0.0870. The van der Waals surface area contributed by atoms with Crippen LogP contribution in [-0.2, 0) is 0 Å². The molecule has 0 saturated heterocycles. The Morgan fingerprint density at radius 1 is 1.28 bits per heavy atom. The van der Waals surface area contributed by atoms with Gasteiger partial charge in [0, 0.05) is 12.7 Å². The topological polar surface area (TPSA) is 46.1 Å². The molecule has 0 unspecified atom stereocenters. The van der Waals surface area contributed by atoms with Crippen LogP contribution in [0.3, 0.4) is 0 Å². The van der Waals surface area contributed by atoms with Gasteiger partial charge < -0.3 is 4.90 Å². The normalized spacial score (nSPS) is 10.2. The van der Waals surface area contributed by atoms with Gasteiger partial charge in [-0.05, 0) is 24.3 Å². The van der Waals surface area contributed by atoms with Crippen molar-refractivity contribution in [3.63, 3.8) is 0 Å². The fraction of sp³-hybridized carbons (Fsp3) is 0.0833. The fourth-order valence-corrected chi connectivity index (χ4v) is 1.69. The molecule has 2 aromatic rings. The summed E-state index contributed by atoms with van der Waals surface area (Å²) in [4.78, 5) is 20.4. The molecule has 0 amide bonds. The molecule has 0 spiro atoms. The molecule has 92 valence electrons. The predicted octanol–water partition coefficient (Wildman–Crippen LogP) is 2.85. The summed E-state index contributed by atoms with van der Waals surface area (Å²) in [7, 11) is 1.71. The molecule has 0 saturated carbocycles. The average molecular weight is 266 g/mol. The van der Waals surface area contributed by atoms with Crippen LogP contribution in [-0.4, -0.2) is 23.3 Å². The van der Waals surface area contributed by atoms with Gasteiger partial charge in [0.2, 0.25) is 0 Å². The zero-order valence-corrected chi connectivity index (χ0v) is 10.2. The van der Waals surface area contributed by atoms with Gasteiger partial charge in [0.15, 0.2) is 6.29 Å². The summed E-state index contributed by atoms with van der Waals surface area (Å²) in [6, 6.07) is 5.82. The Balaban J connectivity index is 2.45. The van der Waals surface area contributed by atoms with Crippen LogP contribution in [0.25, 0.3) is 0 Å².